The Hall–Kier alpha value is -2.31. The number of fused-ring (bicyclic) bond motifs is 1. The lowest BCUT2D eigenvalue weighted by molar-refractivity contribution is 0.273. The highest BCUT2D eigenvalue weighted by Gasteiger charge is 2.26. The number of anilines is 1. The van der Waals surface area contributed by atoms with Gasteiger partial charge in [-0.25, -0.2) is 0 Å². The van der Waals surface area contributed by atoms with Crippen LogP contribution in [0.5, 0.6) is 5.75 Å². The van der Waals surface area contributed by atoms with Crippen LogP contribution in [-0.2, 0) is 0 Å². The fourth-order valence-corrected chi connectivity index (χ4v) is 2.28. The van der Waals surface area contributed by atoms with Crippen molar-refractivity contribution in [2.45, 2.75) is 12.5 Å². The summed E-state index contributed by atoms with van der Waals surface area (Å²) in [7, 11) is 0. The van der Waals surface area contributed by atoms with Crippen LogP contribution in [0.25, 0.3) is 0 Å². The quantitative estimate of drug-likeness (QED) is 0.680. The molecule has 0 amide bonds. The van der Waals surface area contributed by atoms with Gasteiger partial charge in [0, 0.05) is 12.0 Å². The summed E-state index contributed by atoms with van der Waals surface area (Å²) in [6, 6.07) is 6.41. The molecule has 1 aliphatic rings. The Morgan fingerprint density at radius 1 is 1.05 bits per heavy atom. The molecule has 3 nitrogen and oxygen atoms in total. The summed E-state index contributed by atoms with van der Waals surface area (Å²) in [6.45, 7) is 0.327. The van der Waals surface area contributed by atoms with Gasteiger partial charge in [-0.1, -0.05) is 18.2 Å². The molecule has 2 heterocycles. The molecule has 21 heavy (non-hydrogen) atoms. The van der Waals surface area contributed by atoms with Crippen LogP contribution in [-0.4, -0.2) is 11.6 Å². The van der Waals surface area contributed by atoms with E-state index in [0.29, 0.717) is 24.3 Å². The Morgan fingerprint density at radius 2 is 1.71 bits per heavy atom. The molecule has 0 spiro atoms. The van der Waals surface area contributed by atoms with Crippen molar-refractivity contribution in [3.8, 4) is 5.75 Å². The number of hydrogen-bond donors (Lipinski definition) is 1. The van der Waals surface area contributed by atoms with Gasteiger partial charge in [0.1, 0.15) is 11.4 Å². The number of rotatable bonds is 2. The van der Waals surface area contributed by atoms with Crippen molar-refractivity contribution in [1.29, 1.82) is 0 Å². The molecule has 1 atom stereocenters. The number of nitrogens with one attached hydrogen (secondary N) is 1. The molecule has 0 aliphatic carbocycles. The van der Waals surface area contributed by atoms with E-state index in [-0.39, 0.29) is 0 Å². The lowest BCUT2D eigenvalue weighted by Gasteiger charge is -2.27. The number of para-hydroxylation sites is 1. The highest BCUT2D eigenvalue weighted by molar-refractivity contribution is 5.50. The van der Waals surface area contributed by atoms with Gasteiger partial charge in [-0.3, -0.25) is 0 Å². The van der Waals surface area contributed by atoms with Crippen molar-refractivity contribution in [2.75, 3.05) is 11.9 Å². The maximum absolute atomic E-state index is 13.6. The first-order chi connectivity index (χ1) is 10.1. The molecular weight excluding hydrogens is 288 g/mol. The third-order valence-electron chi connectivity index (χ3n) is 3.27. The van der Waals surface area contributed by atoms with E-state index in [2.05, 4.69) is 10.3 Å². The van der Waals surface area contributed by atoms with Crippen LogP contribution < -0.4 is 10.1 Å². The minimum absolute atomic E-state index is 0.327. The molecule has 0 saturated heterocycles. The van der Waals surface area contributed by atoms with Crippen molar-refractivity contribution >= 4 is 5.69 Å². The van der Waals surface area contributed by atoms with Gasteiger partial charge in [0.2, 0.25) is 11.6 Å². The maximum Gasteiger partial charge on any atom is 0.253 e. The van der Waals surface area contributed by atoms with E-state index < -0.39 is 35.3 Å². The van der Waals surface area contributed by atoms with Gasteiger partial charge in [-0.05, 0) is 6.07 Å². The minimum Gasteiger partial charge on any atom is -0.493 e. The third-order valence-corrected chi connectivity index (χ3v) is 3.27. The Balaban J connectivity index is 1.99. The van der Waals surface area contributed by atoms with Crippen LogP contribution in [0, 0.1) is 23.5 Å². The molecule has 110 valence electrons. The zero-order valence-corrected chi connectivity index (χ0v) is 10.7. The topological polar surface area (TPSA) is 34.2 Å². The molecule has 0 saturated carbocycles. The standard InChI is InChI=1S/C14H10F4N2O/c15-10-12(11(16)14(18)20-13(10)17)19-8-5-6-21-9-4-2-1-3-7(8)9/h1-4,8H,5-6H2,(H,19,20). The first kappa shape index (κ1) is 13.7. The molecule has 1 N–H and O–H groups in total. The smallest absolute Gasteiger partial charge is 0.253 e. The number of hydrogen-bond acceptors (Lipinski definition) is 3. The highest BCUT2D eigenvalue weighted by atomic mass is 19.2. The molecule has 1 aliphatic heterocycles. The van der Waals surface area contributed by atoms with E-state index >= 15 is 0 Å². The Morgan fingerprint density at radius 3 is 2.43 bits per heavy atom. The second kappa shape index (κ2) is 5.23. The fraction of sp³-hybridized carbons (Fsp3) is 0.214. The maximum atomic E-state index is 13.6. The summed E-state index contributed by atoms with van der Waals surface area (Å²) in [4.78, 5) is 2.52. The molecule has 1 aromatic heterocycles. The van der Waals surface area contributed by atoms with Crippen molar-refractivity contribution in [3.63, 3.8) is 0 Å². The van der Waals surface area contributed by atoms with Crippen LogP contribution in [0.2, 0.25) is 0 Å². The summed E-state index contributed by atoms with van der Waals surface area (Å²) < 4.78 is 58.9. The summed E-state index contributed by atoms with van der Waals surface area (Å²) in [5.41, 5.74) is -0.193. The van der Waals surface area contributed by atoms with Gasteiger partial charge >= 0.3 is 0 Å². The van der Waals surface area contributed by atoms with E-state index in [4.69, 9.17) is 4.74 Å². The van der Waals surface area contributed by atoms with E-state index in [0.717, 1.165) is 0 Å². The first-order valence-corrected chi connectivity index (χ1v) is 6.26. The summed E-state index contributed by atoms with van der Waals surface area (Å²) in [5.74, 6) is -5.89. The molecule has 2 aromatic rings. The highest BCUT2D eigenvalue weighted by Crippen LogP contribution is 2.35. The summed E-state index contributed by atoms with van der Waals surface area (Å²) in [6.07, 6.45) is 0.404. The zero-order chi connectivity index (χ0) is 15.0. The van der Waals surface area contributed by atoms with Crippen LogP contribution >= 0.6 is 0 Å². The number of ether oxygens (including phenoxy) is 1. The van der Waals surface area contributed by atoms with Gasteiger partial charge < -0.3 is 10.1 Å². The lowest BCUT2D eigenvalue weighted by atomic mass is 10.0. The lowest BCUT2D eigenvalue weighted by Crippen LogP contribution is -2.22. The molecule has 0 radical (unpaired) electrons. The van der Waals surface area contributed by atoms with Gasteiger partial charge in [0.25, 0.3) is 11.9 Å². The predicted octanol–water partition coefficient (Wildman–Crippen LogP) is 3.57. The normalized spacial score (nSPS) is 17.0. The first-order valence-electron chi connectivity index (χ1n) is 6.26. The number of benzene rings is 1. The number of pyridine rings is 1. The van der Waals surface area contributed by atoms with Crippen LogP contribution in [0.4, 0.5) is 23.2 Å². The van der Waals surface area contributed by atoms with E-state index in [1.165, 1.54) is 0 Å². The molecule has 0 fully saturated rings. The number of aromatic nitrogens is 1. The summed E-state index contributed by atoms with van der Waals surface area (Å²) in [5, 5.41) is 2.51. The molecule has 3 rings (SSSR count). The average molecular weight is 298 g/mol. The van der Waals surface area contributed by atoms with Gasteiger partial charge in [-0.2, -0.15) is 22.5 Å². The van der Waals surface area contributed by atoms with E-state index in [1.54, 1.807) is 24.3 Å². The molecular formula is C14H10F4N2O. The number of nitrogens with zero attached hydrogens (tertiary/aromatic N) is 1. The Kier molecular flexibility index (Phi) is 3.40. The molecule has 0 bridgehead atoms. The van der Waals surface area contributed by atoms with E-state index in [1.807, 2.05) is 0 Å². The Bertz CT molecular complexity index is 667. The second-order valence-corrected chi connectivity index (χ2v) is 4.57. The molecule has 1 unspecified atom stereocenters. The third kappa shape index (κ3) is 2.39. The molecule has 1 aromatic carbocycles. The van der Waals surface area contributed by atoms with Crippen molar-refractivity contribution < 1.29 is 22.3 Å². The van der Waals surface area contributed by atoms with Crippen molar-refractivity contribution in [3.05, 3.63) is 53.4 Å². The Labute approximate surface area is 117 Å². The average Bonchev–Trinajstić information content (AvgIpc) is 2.50. The van der Waals surface area contributed by atoms with Crippen LogP contribution in [0.15, 0.2) is 24.3 Å². The van der Waals surface area contributed by atoms with Crippen LogP contribution in [0.1, 0.15) is 18.0 Å². The van der Waals surface area contributed by atoms with Gasteiger partial charge in [-0.15, -0.1) is 0 Å². The van der Waals surface area contributed by atoms with Gasteiger partial charge in [0.05, 0.1) is 12.6 Å². The van der Waals surface area contributed by atoms with E-state index in [9.17, 15) is 17.6 Å². The monoisotopic (exact) mass is 298 g/mol. The fourth-order valence-electron chi connectivity index (χ4n) is 2.28. The summed E-state index contributed by atoms with van der Waals surface area (Å²) >= 11 is 0. The second-order valence-electron chi connectivity index (χ2n) is 4.57. The minimum atomic E-state index is -1.68. The molecule has 7 heteroatoms. The zero-order valence-electron chi connectivity index (χ0n) is 10.7. The number of halogens is 4. The van der Waals surface area contributed by atoms with Crippen LogP contribution in [0.3, 0.4) is 0 Å². The largest absolute Gasteiger partial charge is 0.493 e. The van der Waals surface area contributed by atoms with Gasteiger partial charge in [0.15, 0.2) is 0 Å². The van der Waals surface area contributed by atoms with Crippen molar-refractivity contribution in [2.24, 2.45) is 0 Å². The predicted molar refractivity (Wildman–Crippen MR) is 67.0 cm³/mol. The van der Waals surface area contributed by atoms with Crippen molar-refractivity contribution in [1.82, 2.24) is 4.98 Å². The SMILES string of the molecule is Fc1nc(F)c(F)c(NC2CCOc3ccccc32)c1F.